The Labute approximate surface area is 137 Å². The van der Waals surface area contributed by atoms with Crippen LogP contribution >= 0.6 is 0 Å². The molecule has 2 aromatic carbocycles. The van der Waals surface area contributed by atoms with E-state index in [-0.39, 0.29) is 28.7 Å². The number of anilines is 1. The van der Waals surface area contributed by atoms with E-state index in [0.29, 0.717) is 5.56 Å². The molecule has 0 aliphatic rings. The summed E-state index contributed by atoms with van der Waals surface area (Å²) in [5, 5.41) is 32.1. The largest absolute Gasteiger partial charge is 0.508 e. The second kappa shape index (κ2) is 5.83. The quantitative estimate of drug-likeness (QED) is 0.553. The van der Waals surface area contributed by atoms with Gasteiger partial charge in [-0.3, -0.25) is 4.72 Å². The van der Waals surface area contributed by atoms with Gasteiger partial charge in [-0.1, -0.05) is 35.5 Å². The van der Waals surface area contributed by atoms with Crippen LogP contribution in [0.15, 0.2) is 48.5 Å². The third-order valence-electron chi connectivity index (χ3n) is 3.14. The van der Waals surface area contributed by atoms with E-state index < -0.39 is 10.2 Å². The van der Waals surface area contributed by atoms with Gasteiger partial charge >= 0.3 is 0 Å². The van der Waals surface area contributed by atoms with Crippen molar-refractivity contribution in [3.63, 3.8) is 0 Å². The Morgan fingerprint density at radius 2 is 1.79 bits per heavy atom. The third-order valence-corrected chi connectivity index (χ3v) is 3.62. The number of rotatable bonds is 4. The highest BCUT2D eigenvalue weighted by Gasteiger charge is 2.20. The fourth-order valence-electron chi connectivity index (χ4n) is 2.20. The highest BCUT2D eigenvalue weighted by Crippen LogP contribution is 2.33. The normalized spacial score (nSPS) is 11.4. The van der Waals surface area contributed by atoms with Crippen molar-refractivity contribution in [2.24, 2.45) is 5.14 Å². The molecule has 9 nitrogen and oxygen atoms in total. The Morgan fingerprint density at radius 1 is 1.08 bits per heavy atom. The molecule has 10 heteroatoms. The Hall–Kier alpha value is -3.11. The van der Waals surface area contributed by atoms with E-state index in [2.05, 4.69) is 15.0 Å². The molecule has 0 bridgehead atoms. The summed E-state index contributed by atoms with van der Waals surface area (Å²) in [6.45, 7) is 0. The van der Waals surface area contributed by atoms with E-state index >= 15 is 0 Å². The maximum Gasteiger partial charge on any atom is 0.297 e. The van der Waals surface area contributed by atoms with E-state index in [9.17, 15) is 18.6 Å². The number of hydrogen-bond donors (Lipinski definition) is 4. The zero-order valence-corrected chi connectivity index (χ0v) is 13.0. The van der Waals surface area contributed by atoms with Crippen molar-refractivity contribution in [2.75, 3.05) is 4.72 Å². The molecule has 3 aromatic rings. The monoisotopic (exact) mass is 347 g/mol. The van der Waals surface area contributed by atoms with Gasteiger partial charge in [0.05, 0.1) is 0 Å². The lowest BCUT2D eigenvalue weighted by Crippen LogP contribution is -2.22. The first-order valence-electron chi connectivity index (χ1n) is 6.69. The first-order chi connectivity index (χ1) is 11.3. The molecule has 0 spiro atoms. The van der Waals surface area contributed by atoms with E-state index in [1.165, 1.54) is 16.8 Å². The smallest absolute Gasteiger partial charge is 0.297 e. The van der Waals surface area contributed by atoms with Crippen LogP contribution < -0.4 is 9.86 Å². The number of aromatic nitrogens is 3. The summed E-state index contributed by atoms with van der Waals surface area (Å²) in [5.74, 6) is -0.462. The molecular formula is C14H13N5O4S. The topological polar surface area (TPSA) is 143 Å². The van der Waals surface area contributed by atoms with E-state index in [0.717, 1.165) is 6.07 Å². The van der Waals surface area contributed by atoms with Gasteiger partial charge in [0.15, 0.2) is 5.82 Å². The molecule has 124 valence electrons. The fraction of sp³-hybridized carbons (Fsp3) is 0. The number of nitrogens with two attached hydrogens (primary N) is 1. The number of nitrogens with one attached hydrogen (secondary N) is 1. The van der Waals surface area contributed by atoms with Gasteiger partial charge in [-0.25, -0.2) is 9.82 Å². The minimum absolute atomic E-state index is 0.0869. The average Bonchev–Trinajstić information content (AvgIpc) is 2.89. The first kappa shape index (κ1) is 15.8. The standard InChI is InChI=1S/C14H13N5O4S/c15-24(22,23)17-14-13(9-4-2-1-3-5-9)19(18-16-14)11-7-6-10(20)8-12(11)21/h1-8,17,20-21H,(H2,15,22,23). The first-order valence-corrected chi connectivity index (χ1v) is 8.24. The molecule has 0 unspecified atom stereocenters. The second-order valence-electron chi connectivity index (χ2n) is 4.88. The lowest BCUT2D eigenvalue weighted by Gasteiger charge is -2.10. The fourth-order valence-corrected chi connectivity index (χ4v) is 2.61. The number of benzene rings is 2. The van der Waals surface area contributed by atoms with Crippen LogP contribution in [0.5, 0.6) is 11.5 Å². The zero-order chi connectivity index (χ0) is 17.3. The van der Waals surface area contributed by atoms with Crippen LogP contribution in [-0.2, 0) is 10.2 Å². The highest BCUT2D eigenvalue weighted by atomic mass is 32.2. The molecule has 0 atom stereocenters. The summed E-state index contributed by atoms with van der Waals surface area (Å²) in [5.41, 5.74) is 1.09. The van der Waals surface area contributed by atoms with Crippen molar-refractivity contribution in [1.29, 1.82) is 0 Å². The molecule has 1 aromatic heterocycles. The van der Waals surface area contributed by atoms with Crippen LogP contribution in [0, 0.1) is 0 Å². The Kier molecular flexibility index (Phi) is 3.83. The average molecular weight is 347 g/mol. The molecule has 0 amide bonds. The Balaban J connectivity index is 2.24. The summed E-state index contributed by atoms with van der Waals surface area (Å²) >= 11 is 0. The van der Waals surface area contributed by atoms with Crippen LogP contribution in [0.4, 0.5) is 5.82 Å². The van der Waals surface area contributed by atoms with Gasteiger partial charge in [0.2, 0.25) is 0 Å². The van der Waals surface area contributed by atoms with Crippen molar-refractivity contribution in [1.82, 2.24) is 15.0 Å². The lowest BCUT2D eigenvalue weighted by atomic mass is 10.1. The summed E-state index contributed by atoms with van der Waals surface area (Å²) in [7, 11) is -4.06. The van der Waals surface area contributed by atoms with Crippen molar-refractivity contribution in [2.45, 2.75) is 0 Å². The minimum Gasteiger partial charge on any atom is -0.508 e. The predicted octanol–water partition coefficient (Wildman–Crippen LogP) is 0.961. The minimum atomic E-state index is -4.06. The second-order valence-corrected chi connectivity index (χ2v) is 6.18. The van der Waals surface area contributed by atoms with Gasteiger partial charge in [0.1, 0.15) is 22.9 Å². The molecule has 0 saturated carbocycles. The third kappa shape index (κ3) is 3.14. The van der Waals surface area contributed by atoms with Crippen molar-refractivity contribution in [3.05, 3.63) is 48.5 Å². The van der Waals surface area contributed by atoms with E-state index in [4.69, 9.17) is 5.14 Å². The Morgan fingerprint density at radius 3 is 2.42 bits per heavy atom. The summed E-state index contributed by atoms with van der Waals surface area (Å²) in [6, 6.07) is 12.7. The van der Waals surface area contributed by atoms with Crippen molar-refractivity contribution < 1.29 is 18.6 Å². The maximum absolute atomic E-state index is 11.3. The molecule has 0 aliphatic carbocycles. The van der Waals surface area contributed by atoms with Gasteiger partial charge in [0.25, 0.3) is 10.2 Å². The molecule has 1 heterocycles. The molecule has 0 saturated heterocycles. The van der Waals surface area contributed by atoms with Crippen LogP contribution in [0.25, 0.3) is 16.9 Å². The van der Waals surface area contributed by atoms with Crippen LogP contribution in [0.1, 0.15) is 0 Å². The van der Waals surface area contributed by atoms with Gasteiger partial charge in [0, 0.05) is 11.6 Å². The summed E-state index contributed by atoms with van der Waals surface area (Å²) < 4.78 is 26.0. The molecule has 0 aliphatic heterocycles. The number of phenols is 2. The van der Waals surface area contributed by atoms with Crippen molar-refractivity contribution >= 4 is 16.0 Å². The number of phenolic OH excluding ortho intramolecular Hbond substituents is 2. The zero-order valence-electron chi connectivity index (χ0n) is 12.2. The maximum atomic E-state index is 11.3. The predicted molar refractivity (Wildman–Crippen MR) is 86.9 cm³/mol. The van der Waals surface area contributed by atoms with Crippen molar-refractivity contribution in [3.8, 4) is 28.4 Å². The highest BCUT2D eigenvalue weighted by molar-refractivity contribution is 7.90. The van der Waals surface area contributed by atoms with Gasteiger partial charge < -0.3 is 10.2 Å². The van der Waals surface area contributed by atoms with Gasteiger partial charge in [-0.05, 0) is 12.1 Å². The molecule has 5 N–H and O–H groups in total. The van der Waals surface area contributed by atoms with E-state index in [1.54, 1.807) is 30.3 Å². The summed E-state index contributed by atoms with van der Waals surface area (Å²) in [4.78, 5) is 0. The number of aromatic hydroxyl groups is 2. The van der Waals surface area contributed by atoms with Crippen LogP contribution in [-0.4, -0.2) is 33.6 Å². The molecular weight excluding hydrogens is 334 g/mol. The van der Waals surface area contributed by atoms with Crippen LogP contribution in [0.2, 0.25) is 0 Å². The molecule has 0 radical (unpaired) electrons. The van der Waals surface area contributed by atoms with Crippen LogP contribution in [0.3, 0.4) is 0 Å². The SMILES string of the molecule is NS(=O)(=O)Nc1nnn(-c2ccc(O)cc2O)c1-c1ccccc1. The Bertz CT molecular complexity index is 986. The van der Waals surface area contributed by atoms with E-state index in [1.807, 2.05) is 0 Å². The number of nitrogens with zero attached hydrogens (tertiary/aromatic N) is 3. The number of hydrogen-bond acceptors (Lipinski definition) is 6. The molecule has 3 rings (SSSR count). The molecule has 24 heavy (non-hydrogen) atoms. The molecule has 0 fully saturated rings. The van der Waals surface area contributed by atoms with Gasteiger partial charge in [-0.15, -0.1) is 5.10 Å². The summed E-state index contributed by atoms with van der Waals surface area (Å²) in [6.07, 6.45) is 0. The lowest BCUT2D eigenvalue weighted by molar-refractivity contribution is 0.447. The van der Waals surface area contributed by atoms with Gasteiger partial charge in [-0.2, -0.15) is 8.42 Å².